The van der Waals surface area contributed by atoms with Gasteiger partial charge in [-0.3, -0.25) is 9.59 Å². The summed E-state index contributed by atoms with van der Waals surface area (Å²) in [5.41, 5.74) is 0.522. The average molecular weight is 499 g/mol. The molecule has 2 atom stereocenters. The van der Waals surface area contributed by atoms with E-state index >= 15 is 0 Å². The number of nitrogens with zero attached hydrogens (tertiary/aromatic N) is 1. The van der Waals surface area contributed by atoms with Crippen LogP contribution in [-0.4, -0.2) is 53.9 Å². The molecular weight excluding hydrogens is 481 g/mol. The van der Waals surface area contributed by atoms with Crippen molar-refractivity contribution in [1.29, 1.82) is 0 Å². The van der Waals surface area contributed by atoms with Gasteiger partial charge in [0.25, 0.3) is 11.8 Å². The standard InChI is InChI=1S/C21H18ClF3N4O5/c22-11-2-1-10(3-12(11)23)32-8-19(30)29-20-9-33-17(7-34-20)21(31)26-6-18-27-15-4-13(24)14(25)5-16(15)28-18/h1-5,17,20H,6-9H2,(H,26,31)(H,27,28)(H,29,30)/t17-,20+/m0/s1. The smallest absolute Gasteiger partial charge is 0.259 e. The molecule has 180 valence electrons. The van der Waals surface area contributed by atoms with Crippen molar-refractivity contribution in [2.45, 2.75) is 18.9 Å². The van der Waals surface area contributed by atoms with Crippen LogP contribution in [0.4, 0.5) is 13.2 Å². The topological polar surface area (TPSA) is 115 Å². The Labute approximate surface area is 195 Å². The summed E-state index contributed by atoms with van der Waals surface area (Å²) in [4.78, 5) is 31.2. The van der Waals surface area contributed by atoms with Crippen molar-refractivity contribution in [3.63, 3.8) is 0 Å². The van der Waals surface area contributed by atoms with Gasteiger partial charge in [-0.1, -0.05) is 11.6 Å². The van der Waals surface area contributed by atoms with Gasteiger partial charge >= 0.3 is 0 Å². The summed E-state index contributed by atoms with van der Waals surface area (Å²) >= 11 is 5.59. The molecule has 34 heavy (non-hydrogen) atoms. The molecule has 0 saturated carbocycles. The third-order valence-corrected chi connectivity index (χ3v) is 5.08. The van der Waals surface area contributed by atoms with Gasteiger partial charge in [0, 0.05) is 18.2 Å². The summed E-state index contributed by atoms with van der Waals surface area (Å²) < 4.78 is 56.1. The predicted molar refractivity (Wildman–Crippen MR) is 112 cm³/mol. The molecule has 1 aliphatic rings. The summed E-state index contributed by atoms with van der Waals surface area (Å²) in [5, 5.41) is 5.04. The molecule has 2 heterocycles. The first-order valence-corrected chi connectivity index (χ1v) is 10.4. The van der Waals surface area contributed by atoms with E-state index in [1.54, 1.807) is 0 Å². The Morgan fingerprint density at radius 2 is 1.91 bits per heavy atom. The van der Waals surface area contributed by atoms with E-state index in [-0.39, 0.29) is 36.0 Å². The maximum atomic E-state index is 13.4. The van der Waals surface area contributed by atoms with Crippen LogP contribution in [-0.2, 0) is 25.6 Å². The number of imidazole rings is 1. The zero-order chi connectivity index (χ0) is 24.2. The average Bonchev–Trinajstić information content (AvgIpc) is 3.20. The van der Waals surface area contributed by atoms with Gasteiger partial charge in [0.1, 0.15) is 17.4 Å². The zero-order valence-corrected chi connectivity index (χ0v) is 18.1. The quantitative estimate of drug-likeness (QED) is 0.460. The molecule has 4 rings (SSSR count). The molecule has 0 aliphatic carbocycles. The van der Waals surface area contributed by atoms with Gasteiger partial charge in [-0.05, 0) is 12.1 Å². The Morgan fingerprint density at radius 3 is 2.65 bits per heavy atom. The number of aromatic nitrogens is 2. The van der Waals surface area contributed by atoms with Crippen molar-refractivity contribution in [1.82, 2.24) is 20.6 Å². The molecule has 2 amide bonds. The van der Waals surface area contributed by atoms with Crippen LogP contribution >= 0.6 is 11.6 Å². The minimum absolute atomic E-state index is 0.0284. The Morgan fingerprint density at radius 1 is 1.12 bits per heavy atom. The largest absolute Gasteiger partial charge is 0.484 e. The number of ether oxygens (including phenoxy) is 3. The first kappa shape index (κ1) is 23.8. The van der Waals surface area contributed by atoms with Gasteiger partial charge in [0.2, 0.25) is 0 Å². The van der Waals surface area contributed by atoms with Crippen molar-refractivity contribution >= 4 is 34.4 Å². The maximum Gasteiger partial charge on any atom is 0.259 e. The third kappa shape index (κ3) is 5.76. The fourth-order valence-electron chi connectivity index (χ4n) is 3.10. The number of carbonyl (C=O) groups excluding carboxylic acids is 2. The summed E-state index contributed by atoms with van der Waals surface area (Å²) in [7, 11) is 0. The Kier molecular flexibility index (Phi) is 7.20. The number of hydrogen-bond donors (Lipinski definition) is 3. The van der Waals surface area contributed by atoms with Crippen LogP contribution in [0.15, 0.2) is 30.3 Å². The SMILES string of the molecule is O=C(COc1ccc(Cl)c(F)c1)N[C@H]1CO[C@H](C(=O)NCc2nc3cc(F)c(F)cc3[nH]2)CO1. The van der Waals surface area contributed by atoms with E-state index in [9.17, 15) is 22.8 Å². The van der Waals surface area contributed by atoms with Gasteiger partial charge in [-0.25, -0.2) is 18.2 Å². The van der Waals surface area contributed by atoms with E-state index in [2.05, 4.69) is 20.6 Å². The summed E-state index contributed by atoms with van der Waals surface area (Å²) in [5.74, 6) is -3.29. The number of amides is 2. The highest BCUT2D eigenvalue weighted by Crippen LogP contribution is 2.20. The van der Waals surface area contributed by atoms with Crippen LogP contribution in [0.3, 0.4) is 0 Å². The van der Waals surface area contributed by atoms with E-state index in [4.69, 9.17) is 25.8 Å². The summed E-state index contributed by atoms with van der Waals surface area (Å²) in [6.07, 6.45) is -1.73. The molecule has 13 heteroatoms. The van der Waals surface area contributed by atoms with Gasteiger partial charge in [-0.15, -0.1) is 0 Å². The fourth-order valence-corrected chi connectivity index (χ4v) is 3.22. The molecule has 9 nitrogen and oxygen atoms in total. The Hall–Kier alpha value is -3.35. The lowest BCUT2D eigenvalue weighted by Crippen LogP contribution is -2.51. The second-order valence-electron chi connectivity index (χ2n) is 7.26. The first-order valence-electron chi connectivity index (χ1n) is 10.0. The number of nitrogens with one attached hydrogen (secondary N) is 3. The van der Waals surface area contributed by atoms with Gasteiger partial charge in [-0.2, -0.15) is 0 Å². The Balaban J connectivity index is 1.19. The summed E-state index contributed by atoms with van der Waals surface area (Å²) in [6.45, 7) is -0.644. The van der Waals surface area contributed by atoms with Crippen molar-refractivity contribution in [2.75, 3.05) is 19.8 Å². The molecular formula is C21H18ClF3N4O5. The van der Waals surface area contributed by atoms with Gasteiger partial charge in [0.15, 0.2) is 30.6 Å². The highest BCUT2D eigenvalue weighted by molar-refractivity contribution is 6.30. The number of carbonyl (C=O) groups is 2. The highest BCUT2D eigenvalue weighted by atomic mass is 35.5. The third-order valence-electron chi connectivity index (χ3n) is 4.78. The lowest BCUT2D eigenvalue weighted by atomic mass is 10.3. The molecule has 3 N–H and O–H groups in total. The molecule has 1 aromatic heterocycles. The lowest BCUT2D eigenvalue weighted by molar-refractivity contribution is -0.168. The highest BCUT2D eigenvalue weighted by Gasteiger charge is 2.28. The summed E-state index contributed by atoms with van der Waals surface area (Å²) in [6, 6.07) is 5.72. The second kappa shape index (κ2) is 10.3. The van der Waals surface area contributed by atoms with E-state index < -0.39 is 48.2 Å². The molecule has 0 spiro atoms. The normalized spacial score (nSPS) is 18.0. The minimum atomic E-state index is -1.02. The van der Waals surface area contributed by atoms with Crippen LogP contribution in [0.2, 0.25) is 5.02 Å². The zero-order valence-electron chi connectivity index (χ0n) is 17.4. The van der Waals surface area contributed by atoms with Crippen LogP contribution in [0.1, 0.15) is 5.82 Å². The van der Waals surface area contributed by atoms with E-state index in [0.29, 0.717) is 11.3 Å². The number of aromatic amines is 1. The Bertz CT molecular complexity index is 1180. The number of hydrogen-bond acceptors (Lipinski definition) is 6. The molecule has 1 fully saturated rings. The predicted octanol–water partition coefficient (Wildman–Crippen LogP) is 2.19. The second-order valence-corrected chi connectivity index (χ2v) is 7.67. The van der Waals surface area contributed by atoms with Crippen LogP contribution in [0.5, 0.6) is 5.75 Å². The number of fused-ring (bicyclic) bond motifs is 1. The lowest BCUT2D eigenvalue weighted by Gasteiger charge is -2.29. The molecule has 2 aromatic carbocycles. The van der Waals surface area contributed by atoms with Crippen LogP contribution < -0.4 is 15.4 Å². The van der Waals surface area contributed by atoms with Crippen molar-refractivity contribution in [3.8, 4) is 5.75 Å². The van der Waals surface area contributed by atoms with E-state index in [1.165, 1.54) is 12.1 Å². The number of benzene rings is 2. The fraction of sp³-hybridized carbons (Fsp3) is 0.286. The van der Waals surface area contributed by atoms with Gasteiger partial charge < -0.3 is 29.8 Å². The number of halogens is 4. The number of H-pyrrole nitrogens is 1. The van der Waals surface area contributed by atoms with Crippen molar-refractivity contribution in [2.24, 2.45) is 0 Å². The van der Waals surface area contributed by atoms with Crippen LogP contribution in [0.25, 0.3) is 11.0 Å². The van der Waals surface area contributed by atoms with Crippen molar-refractivity contribution < 1.29 is 37.0 Å². The van der Waals surface area contributed by atoms with E-state index in [0.717, 1.165) is 18.2 Å². The molecule has 3 aromatic rings. The maximum absolute atomic E-state index is 13.4. The van der Waals surface area contributed by atoms with Crippen molar-refractivity contribution in [3.05, 3.63) is 58.6 Å². The van der Waals surface area contributed by atoms with Crippen LogP contribution in [0, 0.1) is 17.5 Å². The monoisotopic (exact) mass is 498 g/mol. The molecule has 1 saturated heterocycles. The molecule has 0 radical (unpaired) electrons. The number of rotatable bonds is 7. The molecule has 0 unspecified atom stereocenters. The molecule has 0 bridgehead atoms. The van der Waals surface area contributed by atoms with E-state index in [1.807, 2.05) is 0 Å². The van der Waals surface area contributed by atoms with Gasteiger partial charge in [0.05, 0.1) is 35.8 Å². The molecule has 1 aliphatic heterocycles. The minimum Gasteiger partial charge on any atom is -0.484 e. The first-order chi connectivity index (χ1) is 16.3.